The normalized spacial score (nSPS) is 24.4. The smallest absolute Gasteiger partial charge is 0.123 e. The van der Waals surface area contributed by atoms with E-state index < -0.39 is 5.60 Å². The molecule has 1 aromatic rings. The van der Waals surface area contributed by atoms with Crippen molar-refractivity contribution in [2.24, 2.45) is 5.73 Å². The Labute approximate surface area is 121 Å². The molecule has 0 radical (unpaired) electrons. The molecule has 1 unspecified atom stereocenters. The van der Waals surface area contributed by atoms with Crippen LogP contribution in [0.2, 0.25) is 0 Å². The first-order chi connectivity index (χ1) is 9.54. The minimum atomic E-state index is -0.504. The van der Waals surface area contributed by atoms with Gasteiger partial charge >= 0.3 is 0 Å². The second kappa shape index (κ2) is 6.57. The first kappa shape index (κ1) is 15.3. The Kier molecular flexibility index (Phi) is 5.02. The van der Waals surface area contributed by atoms with Crippen molar-refractivity contribution in [3.05, 3.63) is 29.3 Å². The maximum Gasteiger partial charge on any atom is 0.123 e. The van der Waals surface area contributed by atoms with E-state index in [1.54, 1.807) is 7.11 Å². The topological polar surface area (TPSA) is 58.7 Å². The number of nitrogens with zero attached hydrogens (tertiary/aromatic N) is 1. The molecule has 1 fully saturated rings. The Bertz CT molecular complexity index is 446. The lowest BCUT2D eigenvalue weighted by molar-refractivity contribution is 0.0444. The zero-order chi connectivity index (χ0) is 14.6. The molecule has 3 N–H and O–H groups in total. The summed E-state index contributed by atoms with van der Waals surface area (Å²) < 4.78 is 5.39. The second-order valence-corrected chi connectivity index (χ2v) is 5.98. The fourth-order valence-electron chi connectivity index (χ4n) is 2.79. The third-order valence-electron chi connectivity index (χ3n) is 4.13. The van der Waals surface area contributed by atoms with Crippen LogP contribution in [-0.2, 0) is 13.1 Å². The first-order valence-electron chi connectivity index (χ1n) is 7.35. The number of aliphatic hydroxyl groups is 1. The zero-order valence-electron chi connectivity index (χ0n) is 12.6. The molecule has 0 spiro atoms. The quantitative estimate of drug-likeness (QED) is 0.883. The molecule has 0 aromatic heterocycles. The van der Waals surface area contributed by atoms with E-state index in [1.807, 2.05) is 13.0 Å². The SMILES string of the molecule is COc1cc(CN2CCCC(C)(O)CC2)ccc1CN. The number of methoxy groups -OCH3 is 1. The van der Waals surface area contributed by atoms with Crippen molar-refractivity contribution in [3.8, 4) is 5.75 Å². The van der Waals surface area contributed by atoms with Gasteiger partial charge < -0.3 is 15.6 Å². The fourth-order valence-corrected chi connectivity index (χ4v) is 2.79. The Morgan fingerprint density at radius 2 is 2.15 bits per heavy atom. The first-order valence-corrected chi connectivity index (χ1v) is 7.35. The monoisotopic (exact) mass is 278 g/mol. The molecule has 0 bridgehead atoms. The summed E-state index contributed by atoms with van der Waals surface area (Å²) in [7, 11) is 1.68. The third kappa shape index (κ3) is 3.95. The maximum absolute atomic E-state index is 10.1. The molecule has 4 heteroatoms. The molecule has 20 heavy (non-hydrogen) atoms. The van der Waals surface area contributed by atoms with Gasteiger partial charge in [0, 0.05) is 25.2 Å². The van der Waals surface area contributed by atoms with Crippen molar-refractivity contribution in [1.82, 2.24) is 4.90 Å². The van der Waals surface area contributed by atoms with Crippen LogP contribution in [0.25, 0.3) is 0 Å². The lowest BCUT2D eigenvalue weighted by Gasteiger charge is -2.22. The Morgan fingerprint density at radius 1 is 1.35 bits per heavy atom. The molecular formula is C16H26N2O2. The highest BCUT2D eigenvalue weighted by molar-refractivity contribution is 5.37. The fraction of sp³-hybridized carbons (Fsp3) is 0.625. The van der Waals surface area contributed by atoms with Crippen molar-refractivity contribution >= 4 is 0 Å². The zero-order valence-corrected chi connectivity index (χ0v) is 12.6. The van der Waals surface area contributed by atoms with Gasteiger partial charge in [-0.1, -0.05) is 12.1 Å². The van der Waals surface area contributed by atoms with Crippen LogP contribution in [0.4, 0.5) is 0 Å². The van der Waals surface area contributed by atoms with E-state index in [1.165, 1.54) is 5.56 Å². The van der Waals surface area contributed by atoms with Gasteiger partial charge in [0.25, 0.3) is 0 Å². The van der Waals surface area contributed by atoms with E-state index >= 15 is 0 Å². The molecule has 1 atom stereocenters. The minimum absolute atomic E-state index is 0.496. The summed E-state index contributed by atoms with van der Waals surface area (Å²) in [6.07, 6.45) is 2.77. The van der Waals surface area contributed by atoms with Gasteiger partial charge in [-0.2, -0.15) is 0 Å². The van der Waals surface area contributed by atoms with Crippen LogP contribution in [0.5, 0.6) is 5.75 Å². The molecule has 1 aromatic carbocycles. The molecule has 112 valence electrons. The van der Waals surface area contributed by atoms with E-state index in [2.05, 4.69) is 17.0 Å². The number of ether oxygens (including phenoxy) is 1. The number of rotatable bonds is 4. The van der Waals surface area contributed by atoms with Crippen molar-refractivity contribution in [3.63, 3.8) is 0 Å². The van der Waals surface area contributed by atoms with Crippen LogP contribution in [0.3, 0.4) is 0 Å². The van der Waals surface area contributed by atoms with Crippen LogP contribution in [-0.4, -0.2) is 35.8 Å². The van der Waals surface area contributed by atoms with Gasteiger partial charge in [-0.05, 0) is 44.4 Å². The summed E-state index contributed by atoms with van der Waals surface area (Å²) in [6, 6.07) is 6.24. The largest absolute Gasteiger partial charge is 0.496 e. The second-order valence-electron chi connectivity index (χ2n) is 5.98. The number of likely N-dealkylation sites (tertiary alicyclic amines) is 1. The summed E-state index contributed by atoms with van der Waals surface area (Å²) in [4.78, 5) is 2.40. The Hall–Kier alpha value is -1.10. The van der Waals surface area contributed by atoms with E-state index in [0.717, 1.165) is 50.2 Å². The highest BCUT2D eigenvalue weighted by Crippen LogP contribution is 2.24. The van der Waals surface area contributed by atoms with Gasteiger partial charge in [0.15, 0.2) is 0 Å². The highest BCUT2D eigenvalue weighted by atomic mass is 16.5. The van der Waals surface area contributed by atoms with Crippen molar-refractivity contribution in [2.45, 2.75) is 44.9 Å². The summed E-state index contributed by atoms with van der Waals surface area (Å²) in [5, 5.41) is 10.1. The van der Waals surface area contributed by atoms with Crippen LogP contribution in [0, 0.1) is 0 Å². The standard InChI is InChI=1S/C16H26N2O2/c1-16(19)6-3-8-18(9-7-16)12-13-4-5-14(11-17)15(10-13)20-2/h4-5,10,19H,3,6-9,11-12,17H2,1-2H3. The molecule has 0 amide bonds. The van der Waals surface area contributed by atoms with Gasteiger partial charge in [-0.15, -0.1) is 0 Å². The van der Waals surface area contributed by atoms with Gasteiger partial charge in [0.2, 0.25) is 0 Å². The van der Waals surface area contributed by atoms with Crippen LogP contribution in [0.15, 0.2) is 18.2 Å². The molecule has 4 nitrogen and oxygen atoms in total. The predicted molar refractivity (Wildman–Crippen MR) is 80.6 cm³/mol. The summed E-state index contributed by atoms with van der Waals surface area (Å²) in [5.74, 6) is 0.867. The van der Waals surface area contributed by atoms with Gasteiger partial charge in [0.05, 0.1) is 12.7 Å². The Morgan fingerprint density at radius 3 is 2.85 bits per heavy atom. The van der Waals surface area contributed by atoms with E-state index in [4.69, 9.17) is 10.5 Å². The molecule has 1 saturated heterocycles. The highest BCUT2D eigenvalue weighted by Gasteiger charge is 2.24. The van der Waals surface area contributed by atoms with Gasteiger partial charge in [-0.25, -0.2) is 0 Å². The van der Waals surface area contributed by atoms with Gasteiger partial charge in [-0.3, -0.25) is 4.90 Å². The van der Waals surface area contributed by atoms with E-state index in [9.17, 15) is 5.11 Å². The van der Waals surface area contributed by atoms with Crippen LogP contribution in [0.1, 0.15) is 37.3 Å². The maximum atomic E-state index is 10.1. The lowest BCUT2D eigenvalue weighted by Crippen LogP contribution is -2.28. The molecule has 1 aliphatic heterocycles. The van der Waals surface area contributed by atoms with Crippen LogP contribution < -0.4 is 10.5 Å². The number of nitrogens with two attached hydrogens (primary N) is 1. The van der Waals surface area contributed by atoms with Crippen LogP contribution >= 0.6 is 0 Å². The summed E-state index contributed by atoms with van der Waals surface area (Å²) in [6.45, 7) is 5.31. The average Bonchev–Trinajstić information content (AvgIpc) is 2.60. The van der Waals surface area contributed by atoms with E-state index in [0.29, 0.717) is 6.54 Å². The average molecular weight is 278 g/mol. The molecule has 1 heterocycles. The van der Waals surface area contributed by atoms with E-state index in [-0.39, 0.29) is 0 Å². The van der Waals surface area contributed by atoms with Gasteiger partial charge in [0.1, 0.15) is 5.75 Å². The van der Waals surface area contributed by atoms with Crippen molar-refractivity contribution in [1.29, 1.82) is 0 Å². The third-order valence-corrected chi connectivity index (χ3v) is 4.13. The summed E-state index contributed by atoms with van der Waals surface area (Å²) in [5.41, 5.74) is 7.46. The lowest BCUT2D eigenvalue weighted by atomic mass is 9.98. The molecule has 0 aliphatic carbocycles. The predicted octanol–water partition coefficient (Wildman–Crippen LogP) is 1.89. The number of hydrogen-bond donors (Lipinski definition) is 2. The molecule has 1 aliphatic rings. The van der Waals surface area contributed by atoms with Crippen molar-refractivity contribution < 1.29 is 9.84 Å². The van der Waals surface area contributed by atoms with Crippen molar-refractivity contribution in [2.75, 3.05) is 20.2 Å². The summed E-state index contributed by atoms with van der Waals surface area (Å²) >= 11 is 0. The number of benzene rings is 1. The minimum Gasteiger partial charge on any atom is -0.496 e. The Balaban J connectivity index is 2.02. The molecule has 0 saturated carbocycles. The molecule has 2 rings (SSSR count). The molecular weight excluding hydrogens is 252 g/mol. The number of hydrogen-bond acceptors (Lipinski definition) is 4.